The second-order valence-electron chi connectivity index (χ2n) is 6.07. The van der Waals surface area contributed by atoms with E-state index in [1.807, 2.05) is 25.1 Å². The fourth-order valence-corrected chi connectivity index (χ4v) is 2.88. The Bertz CT molecular complexity index is 666. The summed E-state index contributed by atoms with van der Waals surface area (Å²) >= 11 is 0. The normalized spacial score (nSPS) is 14.8. The van der Waals surface area contributed by atoms with E-state index >= 15 is 0 Å². The third-order valence-electron chi connectivity index (χ3n) is 4.17. The highest BCUT2D eigenvalue weighted by molar-refractivity contribution is 5.50. The number of anilines is 3. The number of nitrogens with zero attached hydrogens (tertiary/aromatic N) is 4. The van der Waals surface area contributed by atoms with E-state index in [1.54, 1.807) is 0 Å². The van der Waals surface area contributed by atoms with Gasteiger partial charge in [0.1, 0.15) is 11.6 Å². The maximum atomic E-state index is 13.1. The molecule has 0 radical (unpaired) electrons. The summed E-state index contributed by atoms with van der Waals surface area (Å²) in [6.07, 6.45) is 1.04. The van der Waals surface area contributed by atoms with Crippen LogP contribution in [0, 0.1) is 12.7 Å². The second-order valence-corrected chi connectivity index (χ2v) is 6.07. The van der Waals surface area contributed by atoms with Crippen molar-refractivity contribution in [2.45, 2.75) is 20.3 Å². The molecule has 0 saturated carbocycles. The number of hydrogen-bond donors (Lipinski definition) is 1. The molecule has 0 spiro atoms. The highest BCUT2D eigenvalue weighted by Gasteiger charge is 2.19. The van der Waals surface area contributed by atoms with Gasteiger partial charge in [0.05, 0.1) is 0 Å². The number of benzene rings is 1. The molecule has 0 bridgehead atoms. The van der Waals surface area contributed by atoms with E-state index in [2.05, 4.69) is 32.0 Å². The van der Waals surface area contributed by atoms with Crippen LogP contribution in [0.2, 0.25) is 0 Å². The summed E-state index contributed by atoms with van der Waals surface area (Å²) in [6.45, 7) is 8.57. The molecule has 6 heteroatoms. The summed E-state index contributed by atoms with van der Waals surface area (Å²) in [7, 11) is 0. The first kappa shape index (κ1) is 16.5. The largest absolute Gasteiger partial charge is 0.368 e. The Kier molecular flexibility index (Phi) is 5.13. The zero-order valence-corrected chi connectivity index (χ0v) is 14.3. The van der Waals surface area contributed by atoms with Gasteiger partial charge >= 0.3 is 0 Å². The lowest BCUT2D eigenvalue weighted by Gasteiger charge is -2.36. The predicted molar refractivity (Wildman–Crippen MR) is 96.4 cm³/mol. The van der Waals surface area contributed by atoms with Crippen LogP contribution in [-0.2, 0) is 0 Å². The van der Waals surface area contributed by atoms with Gasteiger partial charge < -0.3 is 15.1 Å². The summed E-state index contributed by atoms with van der Waals surface area (Å²) in [6, 6.07) is 8.74. The number of halogens is 1. The van der Waals surface area contributed by atoms with Gasteiger partial charge in [0, 0.05) is 50.2 Å². The molecule has 0 unspecified atom stereocenters. The first-order valence-corrected chi connectivity index (χ1v) is 8.50. The average Bonchev–Trinajstić information content (AvgIpc) is 2.60. The van der Waals surface area contributed by atoms with E-state index in [4.69, 9.17) is 0 Å². The number of nitrogens with one attached hydrogen (secondary N) is 1. The van der Waals surface area contributed by atoms with Gasteiger partial charge in [-0.05, 0) is 37.6 Å². The summed E-state index contributed by atoms with van der Waals surface area (Å²) in [4.78, 5) is 13.6. The number of rotatable bonds is 5. The van der Waals surface area contributed by atoms with Gasteiger partial charge in [0.2, 0.25) is 5.95 Å². The van der Waals surface area contributed by atoms with Crippen LogP contribution >= 0.6 is 0 Å². The standard InChI is InChI=1S/C18H24FN5/c1-3-8-20-18-21-14(2)13-17(22-18)24-11-9-23(10-12-24)16-6-4-15(19)5-7-16/h4-7,13H,3,8-12H2,1-2H3,(H,20,21,22). The number of piperazine rings is 1. The molecule has 0 atom stereocenters. The lowest BCUT2D eigenvalue weighted by Crippen LogP contribution is -2.46. The fraction of sp³-hybridized carbons (Fsp3) is 0.444. The number of hydrogen-bond acceptors (Lipinski definition) is 5. The molecule has 24 heavy (non-hydrogen) atoms. The molecule has 1 aliphatic heterocycles. The predicted octanol–water partition coefficient (Wildman–Crippen LogP) is 3.07. The van der Waals surface area contributed by atoms with Crippen LogP contribution < -0.4 is 15.1 Å². The molecule has 1 N–H and O–H groups in total. The van der Waals surface area contributed by atoms with E-state index in [0.29, 0.717) is 5.95 Å². The molecule has 1 aliphatic rings. The first-order valence-electron chi connectivity index (χ1n) is 8.50. The van der Waals surface area contributed by atoms with Crippen LogP contribution in [0.4, 0.5) is 21.8 Å². The Labute approximate surface area is 142 Å². The van der Waals surface area contributed by atoms with Crippen LogP contribution in [0.3, 0.4) is 0 Å². The summed E-state index contributed by atoms with van der Waals surface area (Å²) in [5, 5.41) is 3.26. The maximum absolute atomic E-state index is 13.1. The molecular formula is C18H24FN5. The average molecular weight is 329 g/mol. The molecule has 128 valence electrons. The van der Waals surface area contributed by atoms with E-state index in [0.717, 1.165) is 56.3 Å². The maximum Gasteiger partial charge on any atom is 0.224 e. The molecule has 1 aromatic heterocycles. The summed E-state index contributed by atoms with van der Waals surface area (Å²) in [5.74, 6) is 1.48. The smallest absolute Gasteiger partial charge is 0.224 e. The zero-order chi connectivity index (χ0) is 16.9. The third kappa shape index (κ3) is 3.93. The Hall–Kier alpha value is -2.37. The molecule has 0 amide bonds. The Balaban J connectivity index is 1.65. The summed E-state index contributed by atoms with van der Waals surface area (Å²) in [5.41, 5.74) is 2.04. The van der Waals surface area contributed by atoms with Crippen molar-refractivity contribution in [3.63, 3.8) is 0 Å². The Morgan fingerprint density at radius 1 is 1.04 bits per heavy atom. The SMILES string of the molecule is CCCNc1nc(C)cc(N2CCN(c3ccc(F)cc3)CC2)n1. The van der Waals surface area contributed by atoms with Gasteiger partial charge in [-0.3, -0.25) is 0 Å². The Morgan fingerprint density at radius 3 is 2.38 bits per heavy atom. The lowest BCUT2D eigenvalue weighted by molar-refractivity contribution is 0.624. The fourth-order valence-electron chi connectivity index (χ4n) is 2.88. The quantitative estimate of drug-likeness (QED) is 0.913. The molecule has 2 heterocycles. The zero-order valence-electron chi connectivity index (χ0n) is 14.3. The van der Waals surface area contributed by atoms with E-state index < -0.39 is 0 Å². The van der Waals surface area contributed by atoms with Gasteiger partial charge in [0.25, 0.3) is 0 Å². The van der Waals surface area contributed by atoms with Crippen LogP contribution in [0.15, 0.2) is 30.3 Å². The molecule has 1 fully saturated rings. The lowest BCUT2D eigenvalue weighted by atomic mass is 10.2. The topological polar surface area (TPSA) is 44.3 Å². The summed E-state index contributed by atoms with van der Waals surface area (Å²) < 4.78 is 13.1. The van der Waals surface area contributed by atoms with Crippen LogP contribution in [0.5, 0.6) is 0 Å². The van der Waals surface area contributed by atoms with Crippen LogP contribution in [0.25, 0.3) is 0 Å². The van der Waals surface area contributed by atoms with Crippen LogP contribution in [-0.4, -0.2) is 42.7 Å². The van der Waals surface area contributed by atoms with Gasteiger partial charge in [0.15, 0.2) is 0 Å². The van der Waals surface area contributed by atoms with Crippen molar-refractivity contribution in [2.24, 2.45) is 0 Å². The van der Waals surface area contributed by atoms with Gasteiger partial charge in [-0.1, -0.05) is 6.92 Å². The van der Waals surface area contributed by atoms with Crippen LogP contribution in [0.1, 0.15) is 19.0 Å². The number of aromatic nitrogens is 2. The van der Waals surface area contributed by atoms with Crippen molar-refractivity contribution in [2.75, 3.05) is 47.8 Å². The van der Waals surface area contributed by atoms with E-state index in [1.165, 1.54) is 12.1 Å². The highest BCUT2D eigenvalue weighted by Crippen LogP contribution is 2.21. The third-order valence-corrected chi connectivity index (χ3v) is 4.17. The minimum absolute atomic E-state index is 0.194. The molecule has 3 rings (SSSR count). The molecule has 5 nitrogen and oxygen atoms in total. The van der Waals surface area contributed by atoms with E-state index in [-0.39, 0.29) is 5.82 Å². The minimum atomic E-state index is -0.194. The monoisotopic (exact) mass is 329 g/mol. The number of aryl methyl sites for hydroxylation is 1. The second kappa shape index (κ2) is 7.47. The van der Waals surface area contributed by atoms with Crippen molar-refractivity contribution in [1.82, 2.24) is 9.97 Å². The molecule has 0 aliphatic carbocycles. The minimum Gasteiger partial charge on any atom is -0.368 e. The van der Waals surface area contributed by atoms with Gasteiger partial charge in [-0.25, -0.2) is 9.37 Å². The van der Waals surface area contributed by atoms with Gasteiger partial charge in [-0.15, -0.1) is 0 Å². The van der Waals surface area contributed by atoms with E-state index in [9.17, 15) is 4.39 Å². The molecule has 1 saturated heterocycles. The van der Waals surface area contributed by atoms with Crippen molar-refractivity contribution < 1.29 is 4.39 Å². The van der Waals surface area contributed by atoms with Gasteiger partial charge in [-0.2, -0.15) is 4.98 Å². The van der Waals surface area contributed by atoms with Crippen molar-refractivity contribution in [3.05, 3.63) is 41.8 Å². The van der Waals surface area contributed by atoms with Crippen molar-refractivity contribution in [3.8, 4) is 0 Å². The molecular weight excluding hydrogens is 305 g/mol. The van der Waals surface area contributed by atoms with Crippen molar-refractivity contribution >= 4 is 17.5 Å². The molecule has 2 aromatic rings. The highest BCUT2D eigenvalue weighted by atomic mass is 19.1. The van der Waals surface area contributed by atoms with Crippen molar-refractivity contribution in [1.29, 1.82) is 0 Å². The Morgan fingerprint density at radius 2 is 1.71 bits per heavy atom. The first-order chi connectivity index (χ1) is 11.7. The molecule has 1 aromatic carbocycles.